The van der Waals surface area contributed by atoms with Crippen molar-refractivity contribution in [3.05, 3.63) is 23.3 Å². The highest BCUT2D eigenvalue weighted by atomic mass is 32.1. The Morgan fingerprint density at radius 3 is 2.50 bits per heavy atom. The van der Waals surface area contributed by atoms with E-state index in [-0.39, 0.29) is 0 Å². The van der Waals surface area contributed by atoms with Crippen molar-refractivity contribution in [2.75, 3.05) is 0 Å². The van der Waals surface area contributed by atoms with Crippen molar-refractivity contribution in [2.24, 2.45) is 0 Å². The summed E-state index contributed by atoms with van der Waals surface area (Å²) in [5.74, 6) is 1.74. The molecule has 0 spiro atoms. The summed E-state index contributed by atoms with van der Waals surface area (Å²) in [6.45, 7) is 5.75. The lowest BCUT2D eigenvalue weighted by Gasteiger charge is -1.94. The Balaban J connectivity index is 2.59. The molecule has 0 bridgehead atoms. The van der Waals surface area contributed by atoms with Crippen LogP contribution >= 0.6 is 12.8 Å². The summed E-state index contributed by atoms with van der Waals surface area (Å²) in [4.78, 5) is 0. The molecule has 0 aromatic carbocycles. The predicted octanol–water partition coefficient (Wildman–Crippen LogP) is 2.16. The summed E-state index contributed by atoms with van der Waals surface area (Å²) < 4.78 is 6.89. The van der Waals surface area contributed by atoms with E-state index in [0.717, 1.165) is 28.5 Å². The third-order valence-electron chi connectivity index (χ3n) is 2.17. The van der Waals surface area contributed by atoms with E-state index in [1.807, 2.05) is 26.8 Å². The monoisotopic (exact) mass is 209 g/mol. The van der Waals surface area contributed by atoms with E-state index in [0.29, 0.717) is 0 Å². The number of rotatable bonds is 1. The van der Waals surface area contributed by atoms with E-state index < -0.39 is 0 Å². The van der Waals surface area contributed by atoms with Crippen molar-refractivity contribution < 1.29 is 4.42 Å². The van der Waals surface area contributed by atoms with Gasteiger partial charge in [0.1, 0.15) is 17.2 Å². The molecule has 0 saturated heterocycles. The molecule has 0 saturated carbocycles. The Morgan fingerprint density at radius 1 is 1.36 bits per heavy atom. The van der Waals surface area contributed by atoms with Gasteiger partial charge >= 0.3 is 0 Å². The molecule has 0 N–H and O–H groups in total. The minimum Gasteiger partial charge on any atom is -0.466 e. The van der Waals surface area contributed by atoms with Gasteiger partial charge in [0.15, 0.2) is 0 Å². The Hall–Kier alpha value is -1.23. The second-order valence-corrected chi connectivity index (χ2v) is 3.62. The Morgan fingerprint density at radius 2 is 2.07 bits per heavy atom. The standard InChI is InChI=1S/C9H11N3OS/c1-5-4-8(7(3)13-5)9-6(2)12(14)11-10-9/h4,14H,1-3H3. The van der Waals surface area contributed by atoms with Gasteiger partial charge in [0.25, 0.3) is 0 Å². The van der Waals surface area contributed by atoms with Crippen LogP contribution in [0.2, 0.25) is 0 Å². The minimum atomic E-state index is 0.828. The molecule has 4 nitrogen and oxygen atoms in total. The molecule has 0 radical (unpaired) electrons. The number of furan rings is 1. The van der Waals surface area contributed by atoms with Gasteiger partial charge in [-0.25, -0.2) is 0 Å². The van der Waals surface area contributed by atoms with Gasteiger partial charge in [0.2, 0.25) is 0 Å². The Kier molecular flexibility index (Phi) is 2.11. The Labute approximate surface area is 87.5 Å². The maximum Gasteiger partial charge on any atom is 0.120 e. The zero-order valence-corrected chi connectivity index (χ0v) is 9.17. The summed E-state index contributed by atoms with van der Waals surface area (Å²) in [6.07, 6.45) is 0. The smallest absolute Gasteiger partial charge is 0.120 e. The van der Waals surface area contributed by atoms with Crippen molar-refractivity contribution in [3.8, 4) is 11.3 Å². The topological polar surface area (TPSA) is 43.9 Å². The average Bonchev–Trinajstić information content (AvgIpc) is 2.59. The number of aromatic nitrogens is 3. The molecule has 2 rings (SSSR count). The highest BCUT2D eigenvalue weighted by Crippen LogP contribution is 2.27. The fourth-order valence-electron chi connectivity index (χ4n) is 1.44. The minimum absolute atomic E-state index is 0.828. The van der Waals surface area contributed by atoms with Gasteiger partial charge in [-0.1, -0.05) is 5.21 Å². The summed E-state index contributed by atoms with van der Waals surface area (Å²) in [7, 11) is 0. The molecule has 14 heavy (non-hydrogen) atoms. The lowest BCUT2D eigenvalue weighted by Crippen LogP contribution is -1.85. The zero-order valence-electron chi connectivity index (χ0n) is 8.27. The molecule has 5 heteroatoms. The van der Waals surface area contributed by atoms with Crippen LogP contribution in [0.1, 0.15) is 17.2 Å². The van der Waals surface area contributed by atoms with Crippen molar-refractivity contribution in [1.29, 1.82) is 0 Å². The largest absolute Gasteiger partial charge is 0.466 e. The van der Waals surface area contributed by atoms with E-state index in [1.54, 1.807) is 0 Å². The number of aryl methyl sites for hydroxylation is 2. The van der Waals surface area contributed by atoms with Gasteiger partial charge in [0.05, 0.1) is 5.69 Å². The van der Waals surface area contributed by atoms with Crippen molar-refractivity contribution in [2.45, 2.75) is 20.8 Å². The second kappa shape index (κ2) is 3.16. The molecule has 2 aromatic rings. The third kappa shape index (κ3) is 1.33. The lowest BCUT2D eigenvalue weighted by atomic mass is 10.1. The van der Waals surface area contributed by atoms with Crippen molar-refractivity contribution in [1.82, 2.24) is 14.4 Å². The number of thiol groups is 1. The summed E-state index contributed by atoms with van der Waals surface area (Å²) in [5.41, 5.74) is 2.73. The SMILES string of the molecule is Cc1cc(-c2nnn(S)c2C)c(C)o1. The maximum atomic E-state index is 5.43. The first-order valence-corrected chi connectivity index (χ1v) is 4.68. The van der Waals surface area contributed by atoms with Crippen LogP contribution in [-0.2, 0) is 0 Å². The molecule has 0 amide bonds. The first-order chi connectivity index (χ1) is 6.59. The van der Waals surface area contributed by atoms with Crippen LogP contribution in [0.25, 0.3) is 11.3 Å². The average molecular weight is 209 g/mol. The van der Waals surface area contributed by atoms with Gasteiger partial charge in [-0.3, -0.25) is 0 Å². The first-order valence-electron chi connectivity index (χ1n) is 4.28. The van der Waals surface area contributed by atoms with Crippen molar-refractivity contribution >= 4 is 12.8 Å². The number of nitrogens with zero attached hydrogens (tertiary/aromatic N) is 3. The predicted molar refractivity (Wildman–Crippen MR) is 56.3 cm³/mol. The fourth-order valence-corrected chi connectivity index (χ4v) is 1.57. The second-order valence-electron chi connectivity index (χ2n) is 3.24. The lowest BCUT2D eigenvalue weighted by molar-refractivity contribution is 0.505. The van der Waals surface area contributed by atoms with Crippen LogP contribution in [0.3, 0.4) is 0 Å². The highest BCUT2D eigenvalue weighted by Gasteiger charge is 2.14. The number of hydrogen-bond acceptors (Lipinski definition) is 4. The molecule has 0 aliphatic carbocycles. The van der Waals surface area contributed by atoms with E-state index >= 15 is 0 Å². The maximum absolute atomic E-state index is 5.43. The van der Waals surface area contributed by atoms with Crippen LogP contribution in [0.4, 0.5) is 0 Å². The summed E-state index contributed by atoms with van der Waals surface area (Å²) in [5, 5.41) is 7.87. The summed E-state index contributed by atoms with van der Waals surface area (Å²) >= 11 is 4.12. The van der Waals surface area contributed by atoms with Gasteiger partial charge in [-0.2, -0.15) is 4.09 Å². The molecular weight excluding hydrogens is 198 g/mol. The first kappa shape index (κ1) is 9.33. The molecule has 0 unspecified atom stereocenters. The van der Waals surface area contributed by atoms with Crippen molar-refractivity contribution in [3.63, 3.8) is 0 Å². The third-order valence-corrected chi connectivity index (χ3v) is 2.55. The summed E-state index contributed by atoms with van der Waals surface area (Å²) in [6, 6.07) is 1.96. The fraction of sp³-hybridized carbons (Fsp3) is 0.333. The van der Waals surface area contributed by atoms with Crippen LogP contribution in [0.5, 0.6) is 0 Å². The molecule has 0 aliphatic rings. The van der Waals surface area contributed by atoms with E-state index in [2.05, 4.69) is 23.1 Å². The molecule has 2 aromatic heterocycles. The van der Waals surface area contributed by atoms with E-state index in [1.165, 1.54) is 4.09 Å². The van der Waals surface area contributed by atoms with Crippen LogP contribution in [-0.4, -0.2) is 14.4 Å². The van der Waals surface area contributed by atoms with Gasteiger partial charge < -0.3 is 4.42 Å². The van der Waals surface area contributed by atoms with E-state index in [4.69, 9.17) is 4.42 Å². The zero-order chi connectivity index (χ0) is 10.3. The molecule has 2 heterocycles. The molecule has 0 aliphatic heterocycles. The van der Waals surface area contributed by atoms with Crippen LogP contribution in [0, 0.1) is 20.8 Å². The molecular formula is C9H11N3OS. The van der Waals surface area contributed by atoms with E-state index in [9.17, 15) is 0 Å². The van der Waals surface area contributed by atoms with Gasteiger partial charge in [0, 0.05) is 5.56 Å². The van der Waals surface area contributed by atoms with Gasteiger partial charge in [-0.05, 0) is 39.7 Å². The molecule has 0 fully saturated rings. The van der Waals surface area contributed by atoms with Crippen LogP contribution in [0.15, 0.2) is 10.5 Å². The van der Waals surface area contributed by atoms with Crippen LogP contribution < -0.4 is 0 Å². The highest BCUT2D eigenvalue weighted by molar-refractivity contribution is 7.78. The molecule has 74 valence electrons. The quantitative estimate of drug-likeness (QED) is 0.732. The van der Waals surface area contributed by atoms with Gasteiger partial charge in [-0.15, -0.1) is 5.10 Å². The number of hydrogen-bond donors (Lipinski definition) is 1. The Bertz CT molecular complexity index is 472. The molecule has 0 atom stereocenters. The normalized spacial score (nSPS) is 10.9.